The topological polar surface area (TPSA) is 66.5 Å². The molecule has 5 nitrogen and oxygen atoms in total. The highest BCUT2D eigenvalue weighted by Crippen LogP contribution is 2.29. The van der Waals surface area contributed by atoms with Crippen molar-refractivity contribution in [1.82, 2.24) is 9.62 Å². The van der Waals surface area contributed by atoms with E-state index in [9.17, 15) is 17.6 Å². The van der Waals surface area contributed by atoms with Gasteiger partial charge >= 0.3 is 0 Å². The van der Waals surface area contributed by atoms with Gasteiger partial charge < -0.3 is 5.32 Å². The van der Waals surface area contributed by atoms with Crippen molar-refractivity contribution in [3.63, 3.8) is 0 Å². The van der Waals surface area contributed by atoms with Crippen molar-refractivity contribution in [1.29, 1.82) is 0 Å². The third kappa shape index (κ3) is 4.33. The van der Waals surface area contributed by atoms with Crippen LogP contribution in [0.15, 0.2) is 29.2 Å². The van der Waals surface area contributed by atoms with Crippen molar-refractivity contribution in [2.24, 2.45) is 11.8 Å². The lowest BCUT2D eigenvalue weighted by Crippen LogP contribution is -2.47. The van der Waals surface area contributed by atoms with Gasteiger partial charge in [-0.25, -0.2) is 12.8 Å². The van der Waals surface area contributed by atoms with Crippen LogP contribution in [0.3, 0.4) is 0 Å². The summed E-state index contributed by atoms with van der Waals surface area (Å²) in [5, 5.41) is 2.96. The minimum Gasteiger partial charge on any atom is -0.352 e. The zero-order valence-corrected chi connectivity index (χ0v) is 15.1. The first-order chi connectivity index (χ1) is 11.2. The Morgan fingerprint density at radius 2 is 1.88 bits per heavy atom. The summed E-state index contributed by atoms with van der Waals surface area (Å²) < 4.78 is 38.8. The summed E-state index contributed by atoms with van der Waals surface area (Å²) >= 11 is 0. The van der Waals surface area contributed by atoms with E-state index in [0.717, 1.165) is 35.7 Å². The molecule has 0 bridgehead atoms. The van der Waals surface area contributed by atoms with Crippen LogP contribution in [0.1, 0.15) is 33.1 Å². The summed E-state index contributed by atoms with van der Waals surface area (Å²) in [5.41, 5.74) is 0. The maximum absolute atomic E-state index is 12.9. The zero-order chi connectivity index (χ0) is 17.9. The highest BCUT2D eigenvalue weighted by molar-refractivity contribution is 7.89. The Balaban J connectivity index is 1.99. The van der Waals surface area contributed by atoms with Crippen molar-refractivity contribution < 1.29 is 17.6 Å². The molecule has 2 rings (SSSR count). The fraction of sp³-hybridized carbons (Fsp3) is 0.588. The Labute approximate surface area is 143 Å². The average molecular weight is 356 g/mol. The number of benzene rings is 1. The second kappa shape index (κ2) is 7.61. The Bertz CT molecular complexity index is 676. The van der Waals surface area contributed by atoms with Gasteiger partial charge in [-0.1, -0.05) is 26.7 Å². The molecule has 1 aliphatic rings. The molecule has 1 aliphatic carbocycles. The van der Waals surface area contributed by atoms with Gasteiger partial charge in [0.15, 0.2) is 0 Å². The molecular weight excluding hydrogens is 331 g/mol. The van der Waals surface area contributed by atoms with E-state index in [2.05, 4.69) is 19.2 Å². The number of hydrogen-bond acceptors (Lipinski definition) is 3. The molecule has 24 heavy (non-hydrogen) atoms. The van der Waals surface area contributed by atoms with Crippen LogP contribution in [0.25, 0.3) is 0 Å². The van der Waals surface area contributed by atoms with E-state index in [1.54, 1.807) is 0 Å². The second-order valence-corrected chi connectivity index (χ2v) is 8.70. The predicted octanol–water partition coefficient (Wildman–Crippen LogP) is 2.39. The van der Waals surface area contributed by atoms with Crippen molar-refractivity contribution in [3.8, 4) is 0 Å². The van der Waals surface area contributed by atoms with E-state index in [1.165, 1.54) is 19.2 Å². The maximum Gasteiger partial charge on any atom is 0.243 e. The molecule has 134 valence electrons. The van der Waals surface area contributed by atoms with Crippen molar-refractivity contribution >= 4 is 15.9 Å². The lowest BCUT2D eigenvalue weighted by Gasteiger charge is -2.34. The van der Waals surface area contributed by atoms with Crippen molar-refractivity contribution in [2.75, 3.05) is 13.6 Å². The largest absolute Gasteiger partial charge is 0.352 e. The quantitative estimate of drug-likeness (QED) is 0.881. The summed E-state index contributed by atoms with van der Waals surface area (Å²) in [4.78, 5) is 12.2. The molecule has 1 aromatic carbocycles. The van der Waals surface area contributed by atoms with E-state index in [4.69, 9.17) is 0 Å². The number of rotatable bonds is 5. The smallest absolute Gasteiger partial charge is 0.243 e. The van der Waals surface area contributed by atoms with Gasteiger partial charge in [-0.2, -0.15) is 4.31 Å². The molecule has 1 aromatic rings. The Morgan fingerprint density at radius 1 is 1.25 bits per heavy atom. The third-order valence-corrected chi connectivity index (χ3v) is 6.76. The summed E-state index contributed by atoms with van der Waals surface area (Å²) in [7, 11) is -2.46. The van der Waals surface area contributed by atoms with E-state index >= 15 is 0 Å². The fourth-order valence-corrected chi connectivity index (χ4v) is 4.24. The first-order valence-corrected chi connectivity index (χ1v) is 9.67. The monoisotopic (exact) mass is 356 g/mol. The molecule has 0 radical (unpaired) electrons. The molecule has 1 saturated carbocycles. The summed E-state index contributed by atoms with van der Waals surface area (Å²) in [5.74, 6) is 0.107. The highest BCUT2D eigenvalue weighted by atomic mass is 32.2. The molecule has 0 unspecified atom stereocenters. The summed E-state index contributed by atoms with van der Waals surface area (Å²) in [6.45, 7) is 4.04. The lowest BCUT2D eigenvalue weighted by atomic mass is 9.78. The SMILES string of the molecule is C[C@@H]1[C@H](C)CCC[C@H]1NC(=O)CN(C)S(=O)(=O)c1ccc(F)cc1. The number of nitrogens with one attached hydrogen (secondary N) is 1. The van der Waals surface area contributed by atoms with Gasteiger partial charge in [0.1, 0.15) is 5.82 Å². The molecule has 0 spiro atoms. The summed E-state index contributed by atoms with van der Waals surface area (Å²) in [6, 6.07) is 4.66. The van der Waals surface area contributed by atoms with Crippen LogP contribution in [0.4, 0.5) is 4.39 Å². The number of likely N-dealkylation sites (N-methyl/N-ethyl adjacent to an activating group) is 1. The van der Waals surface area contributed by atoms with Gasteiger partial charge in [0, 0.05) is 13.1 Å². The normalized spacial score (nSPS) is 24.8. The maximum atomic E-state index is 12.9. The van der Waals surface area contributed by atoms with Crippen LogP contribution in [0, 0.1) is 17.7 Å². The van der Waals surface area contributed by atoms with Crippen molar-refractivity contribution in [2.45, 2.75) is 44.0 Å². The molecule has 0 heterocycles. The molecular formula is C17H25FN2O3S. The van der Waals surface area contributed by atoms with E-state index in [1.807, 2.05) is 0 Å². The summed E-state index contributed by atoms with van der Waals surface area (Å²) in [6.07, 6.45) is 3.15. The molecule has 1 fully saturated rings. The third-order valence-electron chi connectivity index (χ3n) is 4.94. The first-order valence-electron chi connectivity index (χ1n) is 8.23. The molecule has 0 aromatic heterocycles. The van der Waals surface area contributed by atoms with Crippen LogP contribution < -0.4 is 5.32 Å². The molecule has 1 N–H and O–H groups in total. The van der Waals surface area contributed by atoms with Gasteiger partial charge in [-0.05, 0) is 42.5 Å². The lowest BCUT2D eigenvalue weighted by molar-refractivity contribution is -0.122. The van der Waals surface area contributed by atoms with Crippen LogP contribution in [-0.4, -0.2) is 38.3 Å². The number of carbonyl (C=O) groups is 1. The van der Waals surface area contributed by atoms with E-state index < -0.39 is 15.8 Å². The Hall–Kier alpha value is -1.47. The Kier molecular flexibility index (Phi) is 5.98. The van der Waals surface area contributed by atoms with Gasteiger partial charge in [0.05, 0.1) is 11.4 Å². The number of halogens is 1. The molecule has 3 atom stereocenters. The van der Waals surface area contributed by atoms with E-state index in [-0.39, 0.29) is 23.4 Å². The number of hydrogen-bond donors (Lipinski definition) is 1. The van der Waals surface area contributed by atoms with E-state index in [0.29, 0.717) is 11.8 Å². The molecule has 1 amide bonds. The minimum atomic E-state index is -3.81. The highest BCUT2D eigenvalue weighted by Gasteiger charge is 2.29. The van der Waals surface area contributed by atoms with Crippen LogP contribution in [-0.2, 0) is 14.8 Å². The fourth-order valence-electron chi connectivity index (χ4n) is 3.11. The van der Waals surface area contributed by atoms with Gasteiger partial charge in [0.25, 0.3) is 0 Å². The number of amides is 1. The standard InChI is InChI=1S/C17H25FN2O3S/c1-12-5-4-6-16(13(12)2)19-17(21)11-20(3)24(22,23)15-9-7-14(18)8-10-15/h7-10,12-13,16H,4-6,11H2,1-3H3,(H,19,21)/t12-,13-,16-/m1/s1. The van der Waals surface area contributed by atoms with Crippen LogP contribution in [0.2, 0.25) is 0 Å². The number of nitrogens with zero attached hydrogens (tertiary/aromatic N) is 1. The van der Waals surface area contributed by atoms with Crippen molar-refractivity contribution in [3.05, 3.63) is 30.1 Å². The van der Waals surface area contributed by atoms with Gasteiger partial charge in [-0.15, -0.1) is 0 Å². The number of sulfonamides is 1. The van der Waals surface area contributed by atoms with Crippen LogP contribution >= 0.6 is 0 Å². The molecule has 7 heteroatoms. The second-order valence-electron chi connectivity index (χ2n) is 6.66. The average Bonchev–Trinajstić information content (AvgIpc) is 2.52. The van der Waals surface area contributed by atoms with Gasteiger partial charge in [0.2, 0.25) is 15.9 Å². The minimum absolute atomic E-state index is 0.0288. The van der Waals surface area contributed by atoms with Crippen LogP contribution in [0.5, 0.6) is 0 Å². The zero-order valence-electron chi connectivity index (χ0n) is 14.3. The predicted molar refractivity (Wildman–Crippen MR) is 90.3 cm³/mol. The number of carbonyl (C=O) groups excluding carboxylic acids is 1. The first kappa shape index (κ1) is 18.9. The Morgan fingerprint density at radius 3 is 2.50 bits per heavy atom. The van der Waals surface area contributed by atoms with Gasteiger partial charge in [-0.3, -0.25) is 4.79 Å². The molecule has 0 aliphatic heterocycles. The molecule has 0 saturated heterocycles.